The fourth-order valence-electron chi connectivity index (χ4n) is 2.83. The van der Waals surface area contributed by atoms with E-state index in [0.29, 0.717) is 38.5 Å². The Kier molecular flexibility index (Phi) is 5.11. The van der Waals surface area contributed by atoms with Crippen molar-refractivity contribution < 1.29 is 18.3 Å². The van der Waals surface area contributed by atoms with Gasteiger partial charge in [-0.05, 0) is 18.2 Å². The zero-order valence-electron chi connectivity index (χ0n) is 13.8. The van der Waals surface area contributed by atoms with Crippen LogP contribution in [0.5, 0.6) is 0 Å². The van der Waals surface area contributed by atoms with E-state index in [-0.39, 0.29) is 18.0 Å². The molecule has 0 spiro atoms. The largest absolute Gasteiger partial charge is 0.416 e. The molecular weight excluding hydrogens is 349 g/mol. The van der Waals surface area contributed by atoms with E-state index in [2.05, 4.69) is 15.1 Å². The summed E-state index contributed by atoms with van der Waals surface area (Å²) >= 11 is 0. The third-order valence-electron chi connectivity index (χ3n) is 4.19. The molecule has 1 aliphatic heterocycles. The number of alkyl halides is 3. The Morgan fingerprint density at radius 2 is 1.88 bits per heavy atom. The van der Waals surface area contributed by atoms with Crippen molar-refractivity contribution in [1.82, 2.24) is 19.9 Å². The Hall–Kier alpha value is -2.64. The highest BCUT2D eigenvalue weighted by Gasteiger charge is 2.31. The number of aromatic nitrogens is 3. The number of aliphatic hydroxyl groups is 1. The molecule has 0 atom stereocenters. The second-order valence-corrected chi connectivity index (χ2v) is 5.87. The molecule has 7 nitrogen and oxygen atoms in total. The van der Waals surface area contributed by atoms with Crippen molar-refractivity contribution in [3.63, 3.8) is 0 Å². The molecule has 3 rings (SSSR count). The summed E-state index contributed by atoms with van der Waals surface area (Å²) < 4.78 is 38.7. The van der Waals surface area contributed by atoms with Crippen LogP contribution >= 0.6 is 0 Å². The van der Waals surface area contributed by atoms with E-state index in [1.807, 2.05) is 11.0 Å². The molecule has 1 aliphatic rings. The van der Waals surface area contributed by atoms with E-state index >= 15 is 0 Å². The average Bonchev–Trinajstić information content (AvgIpc) is 3.06. The molecule has 0 amide bonds. The number of piperazine rings is 1. The molecule has 1 N–H and O–H groups in total. The van der Waals surface area contributed by atoms with E-state index in [0.717, 1.165) is 16.9 Å². The van der Waals surface area contributed by atoms with Crippen LogP contribution in [0.2, 0.25) is 0 Å². The maximum absolute atomic E-state index is 12.9. The first-order valence-corrected chi connectivity index (χ1v) is 8.05. The van der Waals surface area contributed by atoms with Crippen molar-refractivity contribution in [2.45, 2.75) is 6.18 Å². The number of β-amino-alcohol motifs (C(OH)–C–C–N with tert-alkyl or cyclic N) is 1. The molecule has 0 bridgehead atoms. The van der Waals surface area contributed by atoms with Crippen LogP contribution in [-0.4, -0.2) is 64.3 Å². The van der Waals surface area contributed by atoms with Crippen molar-refractivity contribution in [3.05, 3.63) is 35.5 Å². The number of benzene rings is 1. The number of aliphatic hydroxyl groups excluding tert-OH is 1. The number of halogens is 3. The first kappa shape index (κ1) is 18.2. The van der Waals surface area contributed by atoms with Gasteiger partial charge < -0.3 is 10.0 Å². The van der Waals surface area contributed by atoms with Gasteiger partial charge in [-0.3, -0.25) is 4.90 Å². The summed E-state index contributed by atoms with van der Waals surface area (Å²) in [5, 5.41) is 26.6. The molecule has 2 aromatic rings. The molecule has 0 radical (unpaired) electrons. The maximum atomic E-state index is 12.9. The van der Waals surface area contributed by atoms with E-state index in [1.165, 1.54) is 12.1 Å². The predicted octanol–water partition coefficient (Wildman–Crippen LogP) is 1.27. The zero-order valence-corrected chi connectivity index (χ0v) is 13.8. The average molecular weight is 366 g/mol. The van der Waals surface area contributed by atoms with Gasteiger partial charge in [0, 0.05) is 32.7 Å². The smallest absolute Gasteiger partial charge is 0.395 e. The van der Waals surface area contributed by atoms with Crippen molar-refractivity contribution in [2.75, 3.05) is 44.2 Å². The van der Waals surface area contributed by atoms with Gasteiger partial charge in [0.25, 0.3) is 0 Å². The van der Waals surface area contributed by atoms with Gasteiger partial charge in [0.15, 0.2) is 5.82 Å². The standard InChI is InChI=1S/C16H17F3N6O/c17-16(18,19)12-2-1-3-13(10-12)25-21-14(11-20)15(22-25)24-6-4-23(5-7-24)8-9-26/h1-3,10,26H,4-9H2. The van der Waals surface area contributed by atoms with Gasteiger partial charge in [0.2, 0.25) is 5.69 Å². The maximum Gasteiger partial charge on any atom is 0.416 e. The van der Waals surface area contributed by atoms with Gasteiger partial charge >= 0.3 is 6.18 Å². The third-order valence-corrected chi connectivity index (χ3v) is 4.19. The Balaban J connectivity index is 1.85. The molecule has 1 saturated heterocycles. The van der Waals surface area contributed by atoms with Gasteiger partial charge in [0.05, 0.1) is 17.9 Å². The molecule has 0 aliphatic carbocycles. The van der Waals surface area contributed by atoms with Crippen LogP contribution in [0.4, 0.5) is 19.0 Å². The van der Waals surface area contributed by atoms with Gasteiger partial charge in [-0.15, -0.1) is 15.0 Å². The summed E-state index contributed by atoms with van der Waals surface area (Å²) in [7, 11) is 0. The van der Waals surface area contributed by atoms with Crippen LogP contribution in [0.25, 0.3) is 5.69 Å². The normalized spacial score (nSPS) is 15.9. The molecule has 1 fully saturated rings. The van der Waals surface area contributed by atoms with Gasteiger partial charge in [-0.2, -0.15) is 18.4 Å². The molecule has 2 heterocycles. The van der Waals surface area contributed by atoms with Crippen molar-refractivity contribution in [2.24, 2.45) is 0 Å². The Morgan fingerprint density at radius 1 is 1.15 bits per heavy atom. The number of rotatable bonds is 4. The first-order valence-electron chi connectivity index (χ1n) is 8.05. The molecule has 1 aromatic heterocycles. The summed E-state index contributed by atoms with van der Waals surface area (Å²) in [5.41, 5.74) is -0.593. The Labute approximate surface area is 147 Å². The van der Waals surface area contributed by atoms with Gasteiger partial charge in [-0.25, -0.2) is 0 Å². The summed E-state index contributed by atoms with van der Waals surface area (Å²) in [6.07, 6.45) is -4.47. The van der Waals surface area contributed by atoms with E-state index in [1.54, 1.807) is 0 Å². The summed E-state index contributed by atoms with van der Waals surface area (Å²) in [5.74, 6) is 0.355. The lowest BCUT2D eigenvalue weighted by Gasteiger charge is -2.34. The Morgan fingerprint density at radius 3 is 2.50 bits per heavy atom. The zero-order chi connectivity index (χ0) is 18.7. The molecule has 10 heteroatoms. The third kappa shape index (κ3) is 3.79. The van der Waals surface area contributed by atoms with Crippen LogP contribution in [0.15, 0.2) is 24.3 Å². The molecule has 0 unspecified atom stereocenters. The fourth-order valence-corrected chi connectivity index (χ4v) is 2.83. The molecule has 1 aromatic carbocycles. The second-order valence-electron chi connectivity index (χ2n) is 5.87. The topological polar surface area (TPSA) is 81.2 Å². The lowest BCUT2D eigenvalue weighted by atomic mass is 10.2. The highest BCUT2D eigenvalue weighted by molar-refractivity contribution is 5.51. The molecular formula is C16H17F3N6O. The number of hydrogen-bond acceptors (Lipinski definition) is 6. The minimum Gasteiger partial charge on any atom is -0.395 e. The van der Waals surface area contributed by atoms with Crippen molar-refractivity contribution >= 4 is 5.82 Å². The summed E-state index contributed by atoms with van der Waals surface area (Å²) in [4.78, 5) is 5.02. The lowest BCUT2D eigenvalue weighted by Crippen LogP contribution is -2.47. The molecule has 0 saturated carbocycles. The summed E-state index contributed by atoms with van der Waals surface area (Å²) in [6.45, 7) is 3.24. The van der Waals surface area contributed by atoms with Gasteiger partial charge in [-0.1, -0.05) is 6.07 Å². The minimum atomic E-state index is -4.47. The fraction of sp³-hybridized carbons (Fsp3) is 0.438. The number of nitrogens with zero attached hydrogens (tertiary/aromatic N) is 6. The SMILES string of the molecule is N#Cc1nn(-c2cccc(C(F)(F)F)c2)nc1N1CCN(CCO)CC1. The highest BCUT2D eigenvalue weighted by Crippen LogP contribution is 2.30. The van der Waals surface area contributed by atoms with E-state index in [4.69, 9.17) is 5.11 Å². The van der Waals surface area contributed by atoms with Crippen LogP contribution in [0, 0.1) is 11.3 Å². The lowest BCUT2D eigenvalue weighted by molar-refractivity contribution is -0.137. The molecule has 26 heavy (non-hydrogen) atoms. The quantitative estimate of drug-likeness (QED) is 0.878. The highest BCUT2D eigenvalue weighted by atomic mass is 19.4. The van der Waals surface area contributed by atoms with E-state index in [9.17, 15) is 18.4 Å². The first-order chi connectivity index (χ1) is 12.4. The minimum absolute atomic E-state index is 0.0676. The van der Waals surface area contributed by atoms with Crippen LogP contribution < -0.4 is 4.90 Å². The van der Waals surface area contributed by atoms with Crippen LogP contribution in [0.3, 0.4) is 0 Å². The van der Waals surface area contributed by atoms with Crippen molar-refractivity contribution in [3.8, 4) is 11.8 Å². The Bertz CT molecular complexity index is 805. The summed E-state index contributed by atoms with van der Waals surface area (Å²) in [6, 6.07) is 6.61. The van der Waals surface area contributed by atoms with E-state index < -0.39 is 11.7 Å². The van der Waals surface area contributed by atoms with Crippen molar-refractivity contribution in [1.29, 1.82) is 5.26 Å². The number of anilines is 1. The van der Waals surface area contributed by atoms with Crippen LogP contribution in [0.1, 0.15) is 11.3 Å². The number of nitriles is 1. The predicted molar refractivity (Wildman–Crippen MR) is 86.8 cm³/mol. The second kappa shape index (κ2) is 7.31. The molecule has 138 valence electrons. The number of hydrogen-bond donors (Lipinski definition) is 1. The van der Waals surface area contributed by atoms with Gasteiger partial charge in [0.1, 0.15) is 6.07 Å². The van der Waals surface area contributed by atoms with Crippen LogP contribution in [-0.2, 0) is 6.18 Å². The monoisotopic (exact) mass is 366 g/mol.